The summed E-state index contributed by atoms with van der Waals surface area (Å²) < 4.78 is 0.982. The normalized spacial score (nSPS) is 14.6. The molecule has 1 amide bonds. The lowest BCUT2D eigenvalue weighted by molar-refractivity contribution is 0.100. The van der Waals surface area contributed by atoms with E-state index >= 15 is 0 Å². The fourth-order valence-electron chi connectivity index (χ4n) is 2.21. The lowest BCUT2D eigenvalue weighted by atomic mass is 10.1. The highest BCUT2D eigenvalue weighted by Crippen LogP contribution is 2.31. The van der Waals surface area contributed by atoms with Crippen LogP contribution in [0.25, 0.3) is 0 Å². The van der Waals surface area contributed by atoms with Crippen LogP contribution in [0.4, 0.5) is 5.13 Å². The van der Waals surface area contributed by atoms with Crippen LogP contribution < -0.4 is 10.6 Å². The second kappa shape index (κ2) is 6.44. The molecule has 0 radical (unpaired) electrons. The van der Waals surface area contributed by atoms with Crippen molar-refractivity contribution in [2.45, 2.75) is 22.9 Å². The lowest BCUT2D eigenvalue weighted by Gasteiger charge is -2.10. The molecule has 0 aliphatic carbocycles. The predicted octanol–water partition coefficient (Wildman–Crippen LogP) is 2.53. The van der Waals surface area contributed by atoms with E-state index in [2.05, 4.69) is 15.1 Å². The number of nitrogens with zero attached hydrogens (tertiary/aromatic N) is 3. The summed E-state index contributed by atoms with van der Waals surface area (Å²) in [6.45, 7) is 2.18. The van der Waals surface area contributed by atoms with Crippen molar-refractivity contribution in [3.8, 4) is 0 Å². The first kappa shape index (κ1) is 14.3. The van der Waals surface area contributed by atoms with Crippen LogP contribution in [0.3, 0.4) is 0 Å². The number of carbonyl (C=O) groups excluding carboxylic acids is 1. The van der Waals surface area contributed by atoms with E-state index in [4.69, 9.17) is 5.73 Å². The van der Waals surface area contributed by atoms with Crippen LogP contribution in [0.1, 0.15) is 28.8 Å². The van der Waals surface area contributed by atoms with Gasteiger partial charge in [-0.1, -0.05) is 35.2 Å². The van der Waals surface area contributed by atoms with Gasteiger partial charge >= 0.3 is 0 Å². The predicted molar refractivity (Wildman–Crippen MR) is 85.9 cm³/mol. The fraction of sp³-hybridized carbons (Fsp3) is 0.357. The van der Waals surface area contributed by atoms with E-state index in [-0.39, 0.29) is 0 Å². The van der Waals surface area contributed by atoms with Crippen molar-refractivity contribution in [3.63, 3.8) is 0 Å². The first-order chi connectivity index (χ1) is 10.2. The maximum Gasteiger partial charge on any atom is 0.248 e. The smallest absolute Gasteiger partial charge is 0.248 e. The lowest BCUT2D eigenvalue weighted by Crippen LogP contribution is -2.17. The summed E-state index contributed by atoms with van der Waals surface area (Å²) in [5.74, 6) is 0.418. The SMILES string of the molecule is NC(=O)c1ccc(CSc2nnc(N3CCCC3)s2)cc1. The minimum Gasteiger partial charge on any atom is -0.366 e. The van der Waals surface area contributed by atoms with Crippen LogP contribution in [0, 0.1) is 0 Å². The van der Waals surface area contributed by atoms with Gasteiger partial charge in [-0.25, -0.2) is 0 Å². The highest BCUT2D eigenvalue weighted by atomic mass is 32.2. The monoisotopic (exact) mass is 320 g/mol. The van der Waals surface area contributed by atoms with Gasteiger partial charge < -0.3 is 10.6 Å². The molecular formula is C14H16N4OS2. The number of anilines is 1. The Morgan fingerprint density at radius 2 is 1.95 bits per heavy atom. The third-order valence-corrected chi connectivity index (χ3v) is 5.56. The van der Waals surface area contributed by atoms with Gasteiger partial charge in [0.15, 0.2) is 4.34 Å². The Labute approximate surface area is 131 Å². The average molecular weight is 320 g/mol. The Balaban J connectivity index is 1.58. The summed E-state index contributed by atoms with van der Waals surface area (Å²) >= 11 is 3.32. The van der Waals surface area contributed by atoms with E-state index in [0.29, 0.717) is 5.56 Å². The number of primary amides is 1. The van der Waals surface area contributed by atoms with Gasteiger partial charge in [0, 0.05) is 24.4 Å². The molecule has 1 aliphatic rings. The van der Waals surface area contributed by atoms with E-state index in [1.54, 1.807) is 35.2 Å². The minimum absolute atomic E-state index is 0.395. The zero-order chi connectivity index (χ0) is 14.7. The molecule has 21 heavy (non-hydrogen) atoms. The number of hydrogen-bond donors (Lipinski definition) is 1. The van der Waals surface area contributed by atoms with E-state index in [0.717, 1.165) is 33.9 Å². The molecule has 0 spiro atoms. The zero-order valence-corrected chi connectivity index (χ0v) is 13.1. The van der Waals surface area contributed by atoms with E-state index in [9.17, 15) is 4.79 Å². The number of nitrogens with two attached hydrogens (primary N) is 1. The summed E-state index contributed by atoms with van der Waals surface area (Å²) in [6, 6.07) is 7.37. The van der Waals surface area contributed by atoms with Gasteiger partial charge in [0.25, 0.3) is 0 Å². The van der Waals surface area contributed by atoms with Gasteiger partial charge in [-0.05, 0) is 30.5 Å². The Bertz CT molecular complexity index is 620. The number of hydrogen-bond acceptors (Lipinski definition) is 6. The molecule has 2 heterocycles. The van der Waals surface area contributed by atoms with Crippen molar-refractivity contribution in [2.75, 3.05) is 18.0 Å². The van der Waals surface area contributed by atoms with Gasteiger partial charge in [0.05, 0.1) is 0 Å². The Kier molecular flexibility index (Phi) is 4.40. The fourth-order valence-corrected chi connectivity index (χ4v) is 4.06. The summed E-state index contributed by atoms with van der Waals surface area (Å²) in [6.07, 6.45) is 2.49. The molecule has 2 N–H and O–H groups in total. The number of rotatable bonds is 5. The number of carbonyl (C=O) groups is 1. The molecule has 110 valence electrons. The highest BCUT2D eigenvalue weighted by molar-refractivity contribution is 8.00. The molecule has 0 bridgehead atoms. The molecule has 5 nitrogen and oxygen atoms in total. The molecule has 1 fully saturated rings. The molecule has 1 aliphatic heterocycles. The van der Waals surface area contributed by atoms with Crippen LogP contribution in [0.5, 0.6) is 0 Å². The van der Waals surface area contributed by atoms with Crippen LogP contribution in [-0.4, -0.2) is 29.2 Å². The number of aromatic nitrogens is 2. The average Bonchev–Trinajstić information content (AvgIpc) is 3.16. The first-order valence-corrected chi connectivity index (χ1v) is 8.62. The maximum absolute atomic E-state index is 11.0. The van der Waals surface area contributed by atoms with E-state index in [1.165, 1.54) is 12.8 Å². The molecule has 0 saturated carbocycles. The van der Waals surface area contributed by atoms with E-state index in [1.807, 2.05) is 12.1 Å². The van der Waals surface area contributed by atoms with Crippen molar-refractivity contribution in [1.29, 1.82) is 0 Å². The van der Waals surface area contributed by atoms with Crippen LogP contribution in [0.2, 0.25) is 0 Å². The number of amides is 1. The molecular weight excluding hydrogens is 304 g/mol. The van der Waals surface area contributed by atoms with Gasteiger partial charge in [0.2, 0.25) is 11.0 Å². The van der Waals surface area contributed by atoms with Crippen molar-refractivity contribution in [2.24, 2.45) is 5.73 Å². The Morgan fingerprint density at radius 1 is 1.24 bits per heavy atom. The maximum atomic E-state index is 11.0. The van der Waals surface area contributed by atoms with Gasteiger partial charge in [-0.15, -0.1) is 10.2 Å². The van der Waals surface area contributed by atoms with Crippen LogP contribution in [-0.2, 0) is 5.75 Å². The molecule has 0 unspecified atom stereocenters. The van der Waals surface area contributed by atoms with Crippen molar-refractivity contribution >= 4 is 34.1 Å². The van der Waals surface area contributed by atoms with E-state index < -0.39 is 5.91 Å². The van der Waals surface area contributed by atoms with Gasteiger partial charge in [0.1, 0.15) is 0 Å². The zero-order valence-electron chi connectivity index (χ0n) is 11.5. The molecule has 1 aromatic carbocycles. The third-order valence-electron chi connectivity index (χ3n) is 3.37. The molecule has 2 aromatic rings. The topological polar surface area (TPSA) is 72.1 Å². The quantitative estimate of drug-likeness (QED) is 0.857. The summed E-state index contributed by atoms with van der Waals surface area (Å²) in [7, 11) is 0. The second-order valence-electron chi connectivity index (χ2n) is 4.89. The highest BCUT2D eigenvalue weighted by Gasteiger charge is 2.16. The number of thioether (sulfide) groups is 1. The largest absolute Gasteiger partial charge is 0.366 e. The van der Waals surface area contributed by atoms with Crippen molar-refractivity contribution in [3.05, 3.63) is 35.4 Å². The Hall–Kier alpha value is -1.60. The summed E-state index contributed by atoms with van der Waals surface area (Å²) in [5.41, 5.74) is 6.91. The van der Waals surface area contributed by atoms with Crippen LogP contribution >= 0.6 is 23.1 Å². The Morgan fingerprint density at radius 3 is 2.62 bits per heavy atom. The van der Waals surface area contributed by atoms with Crippen molar-refractivity contribution in [1.82, 2.24) is 10.2 Å². The molecule has 1 aromatic heterocycles. The second-order valence-corrected chi connectivity index (χ2v) is 7.07. The molecule has 7 heteroatoms. The van der Waals surface area contributed by atoms with Gasteiger partial charge in [-0.3, -0.25) is 4.79 Å². The standard InChI is InChI=1S/C14H16N4OS2/c15-12(19)11-5-3-10(4-6-11)9-20-14-17-16-13(21-14)18-7-1-2-8-18/h3-6H,1-2,7-9H2,(H2,15,19). The third kappa shape index (κ3) is 3.54. The van der Waals surface area contributed by atoms with Gasteiger partial charge in [-0.2, -0.15) is 0 Å². The van der Waals surface area contributed by atoms with Crippen molar-refractivity contribution < 1.29 is 4.79 Å². The molecule has 3 rings (SSSR count). The first-order valence-electron chi connectivity index (χ1n) is 6.82. The van der Waals surface area contributed by atoms with Crippen LogP contribution in [0.15, 0.2) is 28.6 Å². The molecule has 1 saturated heterocycles. The molecule has 0 atom stereocenters. The minimum atomic E-state index is -0.395. The number of benzene rings is 1. The summed E-state index contributed by atoms with van der Waals surface area (Å²) in [4.78, 5) is 13.3. The summed E-state index contributed by atoms with van der Waals surface area (Å²) in [5, 5.41) is 9.52.